The van der Waals surface area contributed by atoms with Crippen molar-refractivity contribution in [2.24, 2.45) is 4.99 Å². The molecule has 0 spiro atoms. The van der Waals surface area contributed by atoms with E-state index in [1.54, 1.807) is 11.8 Å². The van der Waals surface area contributed by atoms with E-state index in [4.69, 9.17) is 9.73 Å². The second-order valence-corrected chi connectivity index (χ2v) is 8.44. The number of aromatic amines is 1. The van der Waals surface area contributed by atoms with E-state index in [0.717, 1.165) is 20.8 Å². The lowest BCUT2D eigenvalue weighted by atomic mass is 10.0. The van der Waals surface area contributed by atoms with Crippen molar-refractivity contribution in [3.05, 3.63) is 93.2 Å². The Morgan fingerprint density at radius 2 is 2.00 bits per heavy atom. The number of aromatic hydroxyl groups is 1. The van der Waals surface area contributed by atoms with Crippen molar-refractivity contribution >= 4 is 23.2 Å². The molecule has 0 amide bonds. The molecule has 2 aromatic carbocycles. The van der Waals surface area contributed by atoms with Crippen LogP contribution in [-0.4, -0.2) is 27.0 Å². The van der Waals surface area contributed by atoms with Crippen LogP contribution in [0.5, 0.6) is 11.6 Å². The van der Waals surface area contributed by atoms with Crippen molar-refractivity contribution in [3.8, 4) is 11.6 Å². The number of nitrogens with one attached hydrogen (secondary N) is 1. The van der Waals surface area contributed by atoms with Crippen molar-refractivity contribution < 1.29 is 9.84 Å². The number of allylic oxidation sites excluding steroid dienone is 1. The van der Waals surface area contributed by atoms with Crippen LogP contribution in [0.4, 0.5) is 5.69 Å². The van der Waals surface area contributed by atoms with Crippen molar-refractivity contribution in [2.45, 2.75) is 30.0 Å². The van der Waals surface area contributed by atoms with Gasteiger partial charge in [0.1, 0.15) is 11.3 Å². The van der Waals surface area contributed by atoms with Crippen molar-refractivity contribution in [2.75, 3.05) is 6.61 Å². The Kier molecular flexibility index (Phi) is 6.32. The summed E-state index contributed by atoms with van der Waals surface area (Å²) in [6, 6.07) is 15.5. The van der Waals surface area contributed by atoms with Gasteiger partial charge in [-0.3, -0.25) is 19.3 Å². The Bertz CT molecular complexity index is 1290. The summed E-state index contributed by atoms with van der Waals surface area (Å²) in [4.78, 5) is 32.9. The largest absolute Gasteiger partial charge is 0.494 e. The standard InChI is InChI=1S/C24H23N3O4S/c1-3-13-27-23(29)21(22(28)26-24(27)30)18-14-20(15-9-11-16(12-10-15)31-4-2)32-19-8-6-5-7-17(19)25-18/h3,5-12,20,29H,1,4,13-14H2,2H3,(H,26,28,30)/t20-/m0/s1. The minimum atomic E-state index is -0.691. The molecule has 1 atom stereocenters. The molecule has 4 rings (SSSR count). The summed E-state index contributed by atoms with van der Waals surface area (Å²) in [5, 5.41) is 10.8. The summed E-state index contributed by atoms with van der Waals surface area (Å²) < 4.78 is 6.62. The van der Waals surface area contributed by atoms with E-state index >= 15 is 0 Å². The van der Waals surface area contributed by atoms with E-state index < -0.39 is 17.1 Å². The van der Waals surface area contributed by atoms with Crippen molar-refractivity contribution in [1.82, 2.24) is 9.55 Å². The third kappa shape index (κ3) is 4.27. The van der Waals surface area contributed by atoms with Gasteiger partial charge in [-0.05, 0) is 36.8 Å². The number of thioether (sulfide) groups is 1. The Morgan fingerprint density at radius 3 is 2.72 bits per heavy atom. The second kappa shape index (κ2) is 9.32. The molecular formula is C24H23N3O4S. The molecule has 2 N–H and O–H groups in total. The molecule has 0 radical (unpaired) electrons. The van der Waals surface area contributed by atoms with Gasteiger partial charge in [0.05, 0.1) is 18.0 Å². The summed E-state index contributed by atoms with van der Waals surface area (Å²) >= 11 is 1.64. The fourth-order valence-electron chi connectivity index (χ4n) is 3.62. The summed E-state index contributed by atoms with van der Waals surface area (Å²) in [7, 11) is 0. The van der Waals surface area contributed by atoms with Crippen LogP contribution in [0.25, 0.3) is 0 Å². The highest BCUT2D eigenvalue weighted by Gasteiger charge is 2.27. The lowest BCUT2D eigenvalue weighted by Gasteiger charge is -2.17. The molecule has 0 bridgehead atoms. The van der Waals surface area contributed by atoms with Gasteiger partial charge in [-0.1, -0.05) is 30.3 Å². The molecule has 0 saturated heterocycles. The number of nitrogens with zero attached hydrogens (tertiary/aromatic N) is 2. The van der Waals surface area contributed by atoms with Crippen LogP contribution in [0.1, 0.15) is 29.7 Å². The molecule has 1 aliphatic heterocycles. The van der Waals surface area contributed by atoms with Gasteiger partial charge in [0.25, 0.3) is 5.56 Å². The number of aliphatic imine (C=N–C) groups is 1. The van der Waals surface area contributed by atoms with E-state index in [-0.39, 0.29) is 17.4 Å². The van der Waals surface area contributed by atoms with Gasteiger partial charge in [0, 0.05) is 23.1 Å². The third-order valence-electron chi connectivity index (χ3n) is 5.10. The molecule has 2 heterocycles. The molecule has 8 heteroatoms. The number of aromatic nitrogens is 2. The fourth-order valence-corrected chi connectivity index (χ4v) is 4.85. The lowest BCUT2D eigenvalue weighted by Crippen LogP contribution is -2.34. The van der Waals surface area contributed by atoms with Crippen LogP contribution in [0.3, 0.4) is 0 Å². The van der Waals surface area contributed by atoms with E-state index in [1.165, 1.54) is 6.08 Å². The summed E-state index contributed by atoms with van der Waals surface area (Å²) in [6.07, 6.45) is 1.86. The van der Waals surface area contributed by atoms with Gasteiger partial charge >= 0.3 is 5.69 Å². The summed E-state index contributed by atoms with van der Waals surface area (Å²) in [5.74, 6) is 0.377. The highest BCUT2D eigenvalue weighted by Crippen LogP contribution is 2.45. The van der Waals surface area contributed by atoms with Gasteiger partial charge in [-0.2, -0.15) is 0 Å². The SMILES string of the molecule is C=CCn1c(O)c(C2=Nc3ccccc3S[C@H](c3ccc(OCC)cc3)C2)c(=O)[nH]c1=O. The van der Waals surface area contributed by atoms with E-state index in [1.807, 2.05) is 55.5 Å². The Morgan fingerprint density at radius 1 is 1.25 bits per heavy atom. The van der Waals surface area contributed by atoms with Crippen molar-refractivity contribution in [1.29, 1.82) is 0 Å². The fraction of sp³-hybridized carbons (Fsp3) is 0.208. The van der Waals surface area contributed by atoms with Crippen LogP contribution in [0.15, 0.2) is 80.7 Å². The van der Waals surface area contributed by atoms with Crippen molar-refractivity contribution in [3.63, 3.8) is 0 Å². The molecule has 0 unspecified atom stereocenters. The Labute approximate surface area is 189 Å². The van der Waals surface area contributed by atoms with Gasteiger partial charge in [0.15, 0.2) is 0 Å². The average molecular weight is 450 g/mol. The molecular weight excluding hydrogens is 426 g/mol. The predicted molar refractivity (Wildman–Crippen MR) is 127 cm³/mol. The molecule has 0 saturated carbocycles. The minimum absolute atomic E-state index is 0.000287. The van der Waals surface area contributed by atoms with Crippen LogP contribution in [0.2, 0.25) is 0 Å². The molecule has 1 aliphatic rings. The van der Waals surface area contributed by atoms with Crippen LogP contribution in [0, 0.1) is 0 Å². The van der Waals surface area contributed by atoms with Crippen LogP contribution in [-0.2, 0) is 6.54 Å². The second-order valence-electron chi connectivity index (χ2n) is 7.20. The first-order chi connectivity index (χ1) is 15.5. The zero-order valence-corrected chi connectivity index (χ0v) is 18.4. The van der Waals surface area contributed by atoms with Crippen LogP contribution < -0.4 is 16.0 Å². The number of fused-ring (bicyclic) bond motifs is 1. The molecule has 164 valence electrons. The summed E-state index contributed by atoms with van der Waals surface area (Å²) in [6.45, 7) is 6.20. The number of benzene rings is 2. The zero-order valence-electron chi connectivity index (χ0n) is 17.6. The Hall–Kier alpha value is -3.52. The number of para-hydroxylation sites is 1. The van der Waals surface area contributed by atoms with E-state index in [2.05, 4.69) is 11.6 Å². The first-order valence-corrected chi connectivity index (χ1v) is 11.1. The lowest BCUT2D eigenvalue weighted by molar-refractivity contribution is 0.340. The average Bonchev–Trinajstić information content (AvgIpc) is 2.97. The topological polar surface area (TPSA) is 96.7 Å². The minimum Gasteiger partial charge on any atom is -0.494 e. The zero-order chi connectivity index (χ0) is 22.7. The number of rotatable bonds is 6. The molecule has 0 fully saturated rings. The number of hydrogen-bond acceptors (Lipinski definition) is 6. The van der Waals surface area contributed by atoms with Crippen LogP contribution >= 0.6 is 11.8 Å². The maximum atomic E-state index is 12.7. The maximum Gasteiger partial charge on any atom is 0.331 e. The van der Waals surface area contributed by atoms with Gasteiger partial charge < -0.3 is 9.84 Å². The monoisotopic (exact) mass is 449 g/mol. The molecule has 1 aromatic heterocycles. The molecule has 32 heavy (non-hydrogen) atoms. The van der Waals surface area contributed by atoms with E-state index in [0.29, 0.717) is 24.4 Å². The Balaban J connectivity index is 1.84. The smallest absolute Gasteiger partial charge is 0.331 e. The van der Waals surface area contributed by atoms with Gasteiger partial charge in [-0.15, -0.1) is 18.3 Å². The summed E-state index contributed by atoms with van der Waals surface area (Å²) in [5.41, 5.74) is 0.807. The quantitative estimate of drug-likeness (QED) is 0.550. The molecule has 0 aliphatic carbocycles. The first-order valence-electron chi connectivity index (χ1n) is 10.2. The highest BCUT2D eigenvalue weighted by molar-refractivity contribution is 7.99. The number of ether oxygens (including phenoxy) is 1. The maximum absolute atomic E-state index is 12.7. The number of H-pyrrole nitrogens is 1. The third-order valence-corrected chi connectivity index (χ3v) is 6.43. The number of hydrogen-bond donors (Lipinski definition) is 2. The molecule has 7 nitrogen and oxygen atoms in total. The van der Waals surface area contributed by atoms with Gasteiger partial charge in [-0.25, -0.2) is 4.79 Å². The first kappa shape index (κ1) is 21.7. The normalized spacial score (nSPS) is 15.4. The highest BCUT2D eigenvalue weighted by atomic mass is 32.2. The van der Waals surface area contributed by atoms with E-state index in [9.17, 15) is 14.7 Å². The van der Waals surface area contributed by atoms with Gasteiger partial charge in [0.2, 0.25) is 5.88 Å². The predicted octanol–water partition coefficient (Wildman–Crippen LogP) is 4.18. The molecule has 3 aromatic rings.